The molecule has 6 aromatic heterocycles. The van der Waals surface area contributed by atoms with E-state index in [1.165, 1.54) is 43.8 Å². The van der Waals surface area contributed by atoms with Gasteiger partial charge in [0.2, 0.25) is 0 Å². The Morgan fingerprint density at radius 2 is 0.459 bits per heavy atom. The van der Waals surface area contributed by atoms with Crippen molar-refractivity contribution in [2.45, 2.75) is 0 Å². The van der Waals surface area contributed by atoms with E-state index >= 15 is 0 Å². The predicted molar refractivity (Wildman–Crippen MR) is 303 cm³/mol. The molecule has 7 aromatic carbocycles. The molecule has 74 heavy (non-hydrogen) atoms. The molecule has 0 fully saturated rings. The van der Waals surface area contributed by atoms with Crippen molar-refractivity contribution in [3.8, 4) is 112 Å². The molecule has 0 atom stereocenters. The Morgan fingerprint density at radius 3 is 0.757 bits per heavy atom. The van der Waals surface area contributed by atoms with E-state index < -0.39 is 0 Å². The van der Waals surface area contributed by atoms with E-state index in [9.17, 15) is 0 Å². The van der Waals surface area contributed by atoms with Crippen LogP contribution in [0.15, 0.2) is 267 Å². The second kappa shape index (κ2) is 19.3. The van der Waals surface area contributed by atoms with Crippen molar-refractivity contribution in [1.82, 2.24) is 29.9 Å². The van der Waals surface area contributed by atoms with Crippen LogP contribution >= 0.6 is 0 Å². The summed E-state index contributed by atoms with van der Waals surface area (Å²) < 4.78 is 0. The Kier molecular flexibility index (Phi) is 11.4. The summed E-state index contributed by atoms with van der Waals surface area (Å²) in [6.07, 6.45) is 7.22. The number of benzene rings is 7. The summed E-state index contributed by atoms with van der Waals surface area (Å²) in [5.74, 6) is 0. The minimum Gasteiger partial charge on any atom is -0.255 e. The van der Waals surface area contributed by atoms with Gasteiger partial charge in [-0.3, -0.25) is 19.9 Å². The van der Waals surface area contributed by atoms with Gasteiger partial charge in [0.25, 0.3) is 0 Å². The van der Waals surface area contributed by atoms with Crippen LogP contribution in [-0.4, -0.2) is 29.9 Å². The van der Waals surface area contributed by atoms with Crippen LogP contribution in [0.1, 0.15) is 0 Å². The van der Waals surface area contributed by atoms with Crippen LogP contribution in [0.25, 0.3) is 134 Å². The summed E-state index contributed by atoms with van der Waals surface area (Å²) in [6.45, 7) is 0. The molecule has 0 amide bonds. The van der Waals surface area contributed by atoms with Gasteiger partial charge in [0.1, 0.15) is 0 Å². The minimum absolute atomic E-state index is 0.801. The first-order valence-corrected chi connectivity index (χ1v) is 24.7. The van der Waals surface area contributed by atoms with Crippen molar-refractivity contribution in [3.63, 3.8) is 0 Å². The van der Waals surface area contributed by atoms with Gasteiger partial charge in [0, 0.05) is 24.8 Å². The number of pyridine rings is 6. The third-order valence-electron chi connectivity index (χ3n) is 13.7. The number of rotatable bonds is 10. The predicted octanol–water partition coefficient (Wildman–Crippen LogP) is 17.0. The van der Waals surface area contributed by atoms with Crippen LogP contribution in [0.5, 0.6) is 0 Å². The Bertz CT molecular complexity index is 3730. The van der Waals surface area contributed by atoms with E-state index in [1.54, 1.807) is 24.8 Å². The van der Waals surface area contributed by atoms with Gasteiger partial charge in [-0.1, -0.05) is 158 Å². The molecule has 0 saturated carbocycles. The van der Waals surface area contributed by atoms with Gasteiger partial charge in [-0.25, -0.2) is 9.97 Å². The van der Waals surface area contributed by atoms with Crippen molar-refractivity contribution in [2.24, 2.45) is 0 Å². The second-order valence-electron chi connectivity index (χ2n) is 18.3. The highest BCUT2D eigenvalue weighted by Crippen LogP contribution is 2.46. The molecule has 0 N–H and O–H groups in total. The molecular formula is C68H44N6. The van der Waals surface area contributed by atoms with Crippen LogP contribution < -0.4 is 0 Å². The summed E-state index contributed by atoms with van der Waals surface area (Å²) in [5.41, 5.74) is 20.0. The third kappa shape index (κ3) is 8.56. The van der Waals surface area contributed by atoms with Crippen molar-refractivity contribution in [1.29, 1.82) is 0 Å². The topological polar surface area (TPSA) is 77.3 Å². The largest absolute Gasteiger partial charge is 0.255 e. The van der Waals surface area contributed by atoms with Crippen molar-refractivity contribution in [2.75, 3.05) is 0 Å². The number of fused-ring (bicyclic) bond motifs is 2. The zero-order chi connectivity index (χ0) is 49.2. The molecule has 0 aliphatic rings. The van der Waals surface area contributed by atoms with E-state index in [0.29, 0.717) is 0 Å². The summed E-state index contributed by atoms with van der Waals surface area (Å²) in [4.78, 5) is 28.5. The van der Waals surface area contributed by atoms with Crippen molar-refractivity contribution >= 4 is 21.5 Å². The molecule has 346 valence electrons. The zero-order valence-corrected chi connectivity index (χ0v) is 40.1. The quantitative estimate of drug-likeness (QED) is 0.127. The van der Waals surface area contributed by atoms with Crippen LogP contribution in [-0.2, 0) is 0 Å². The molecule has 0 bridgehead atoms. The summed E-state index contributed by atoms with van der Waals surface area (Å²) in [6, 6.07) is 85.4. The van der Waals surface area contributed by atoms with Crippen LogP contribution in [0.2, 0.25) is 0 Å². The molecule has 0 spiro atoms. The van der Waals surface area contributed by atoms with E-state index in [2.05, 4.69) is 190 Å². The lowest BCUT2D eigenvalue weighted by Crippen LogP contribution is -1.94. The van der Waals surface area contributed by atoms with Crippen LogP contribution in [0.3, 0.4) is 0 Å². The molecule has 0 radical (unpaired) electrons. The lowest BCUT2D eigenvalue weighted by atomic mass is 9.84. The van der Waals surface area contributed by atoms with Gasteiger partial charge in [-0.15, -0.1) is 0 Å². The SMILES string of the molecule is c1ccc(-c2c3ccc(-c4ccc(-c5cc(-c6ccccn6)nc(-c6ccccn6)c5)cc4)cc3c(-c3ccccc3)c3ccc(-c4ccc(-c5cc(-c6ccccn6)nc(-c6ccccn6)c5)cc4)cc23)cc1. The average Bonchev–Trinajstić information content (AvgIpc) is 3.49. The standard InChI is InChI=1S/C68H44N6/c1-3-15-49(16-4-1)67-55-33-31-52(46-25-29-48(30-26-46)54-43-65(61-21-9-13-37-71-61)74-66(44-54)62-22-10-14-38-72-62)40-58(55)68(50-17-5-2-6-18-50)56-34-32-51(39-57(56)67)45-23-27-47(28-24-45)53-41-63(59-19-7-11-35-69-59)73-64(42-53)60-20-8-12-36-70-60/h1-44H. The minimum atomic E-state index is 0.801. The van der Waals surface area contributed by atoms with E-state index in [-0.39, 0.29) is 0 Å². The Morgan fingerprint density at radius 1 is 0.176 bits per heavy atom. The lowest BCUT2D eigenvalue weighted by molar-refractivity contribution is 1.22. The first kappa shape index (κ1) is 43.9. The molecular weight excluding hydrogens is 901 g/mol. The molecule has 6 heteroatoms. The van der Waals surface area contributed by atoms with Gasteiger partial charge in [-0.2, -0.15) is 0 Å². The number of hydrogen-bond acceptors (Lipinski definition) is 6. The van der Waals surface area contributed by atoms with Gasteiger partial charge in [-0.05, 0) is 173 Å². The van der Waals surface area contributed by atoms with E-state index in [1.807, 2.05) is 72.8 Å². The number of nitrogens with zero attached hydrogens (tertiary/aromatic N) is 6. The highest BCUT2D eigenvalue weighted by molar-refractivity contribution is 6.22. The maximum absolute atomic E-state index is 5.00. The molecule has 6 heterocycles. The van der Waals surface area contributed by atoms with E-state index in [4.69, 9.17) is 9.97 Å². The second-order valence-corrected chi connectivity index (χ2v) is 18.3. The van der Waals surface area contributed by atoms with Crippen LogP contribution in [0.4, 0.5) is 0 Å². The highest BCUT2D eigenvalue weighted by atomic mass is 14.8. The van der Waals surface area contributed by atoms with Gasteiger partial charge >= 0.3 is 0 Å². The van der Waals surface area contributed by atoms with Gasteiger partial charge < -0.3 is 0 Å². The number of hydrogen-bond donors (Lipinski definition) is 0. The maximum atomic E-state index is 5.00. The van der Waals surface area contributed by atoms with Gasteiger partial charge in [0.05, 0.1) is 45.6 Å². The summed E-state index contributed by atoms with van der Waals surface area (Å²) in [5, 5.41) is 4.79. The summed E-state index contributed by atoms with van der Waals surface area (Å²) in [7, 11) is 0. The smallest absolute Gasteiger partial charge is 0.0900 e. The van der Waals surface area contributed by atoms with Crippen LogP contribution in [0, 0.1) is 0 Å². The van der Waals surface area contributed by atoms with Crippen molar-refractivity contribution in [3.05, 3.63) is 267 Å². The average molecular weight is 945 g/mol. The highest BCUT2D eigenvalue weighted by Gasteiger charge is 2.20. The molecule has 13 rings (SSSR count). The molecule has 0 saturated heterocycles. The molecule has 0 aliphatic heterocycles. The Labute approximate surface area is 429 Å². The van der Waals surface area contributed by atoms with Crippen molar-refractivity contribution < 1.29 is 0 Å². The molecule has 0 unspecified atom stereocenters. The Balaban J connectivity index is 0.915. The third-order valence-corrected chi connectivity index (χ3v) is 13.7. The zero-order valence-electron chi connectivity index (χ0n) is 40.1. The first-order chi connectivity index (χ1) is 36.7. The fourth-order valence-electron chi connectivity index (χ4n) is 10.1. The fraction of sp³-hybridized carbons (Fsp3) is 0. The fourth-order valence-corrected chi connectivity index (χ4v) is 10.1. The first-order valence-electron chi connectivity index (χ1n) is 24.7. The number of aromatic nitrogens is 6. The molecule has 6 nitrogen and oxygen atoms in total. The van der Waals surface area contributed by atoms with E-state index in [0.717, 1.165) is 90.1 Å². The molecule has 13 aromatic rings. The van der Waals surface area contributed by atoms with Gasteiger partial charge in [0.15, 0.2) is 0 Å². The molecule has 0 aliphatic carbocycles. The Hall–Kier alpha value is -10.0. The lowest BCUT2D eigenvalue weighted by Gasteiger charge is -2.20. The summed E-state index contributed by atoms with van der Waals surface area (Å²) >= 11 is 0. The maximum Gasteiger partial charge on any atom is 0.0900 e. The monoisotopic (exact) mass is 944 g/mol. The normalized spacial score (nSPS) is 11.2.